The third kappa shape index (κ3) is 12.6. The van der Waals surface area contributed by atoms with Gasteiger partial charge in [0, 0.05) is 0 Å². The molecule has 0 radical (unpaired) electrons. The summed E-state index contributed by atoms with van der Waals surface area (Å²) in [5.74, 6) is -2.38. The lowest BCUT2D eigenvalue weighted by atomic mass is 10.1. The summed E-state index contributed by atoms with van der Waals surface area (Å²) >= 11 is 0. The summed E-state index contributed by atoms with van der Waals surface area (Å²) in [6.45, 7) is 4.03. The minimum atomic E-state index is -1.29. The van der Waals surface area contributed by atoms with Crippen LogP contribution in [0.25, 0.3) is 0 Å². The Morgan fingerprint density at radius 1 is 1.11 bits per heavy atom. The zero-order chi connectivity index (χ0) is 15.6. The number of rotatable bonds is 6. The van der Waals surface area contributed by atoms with Gasteiger partial charge in [-0.2, -0.15) is 0 Å². The number of hydrogen-bond acceptors (Lipinski definition) is 6. The van der Waals surface area contributed by atoms with E-state index in [1.165, 1.54) is 7.11 Å². The number of hydrogen-bond donors (Lipinski definition) is 4. The molecule has 19 heavy (non-hydrogen) atoms. The van der Waals surface area contributed by atoms with Gasteiger partial charge in [0.2, 0.25) is 0 Å². The first-order valence-electron chi connectivity index (χ1n) is 5.65. The molecule has 2 atom stereocenters. The van der Waals surface area contributed by atoms with Crippen LogP contribution in [-0.2, 0) is 19.1 Å². The van der Waals surface area contributed by atoms with E-state index in [-0.39, 0.29) is 5.97 Å². The van der Waals surface area contributed by atoms with Crippen LogP contribution in [0.5, 0.6) is 0 Å². The monoisotopic (exact) mass is 278 g/mol. The number of methoxy groups -OCH3 is 1. The molecular weight excluding hydrogens is 256 g/mol. The summed E-state index contributed by atoms with van der Waals surface area (Å²) in [6.07, 6.45) is 0.155. The first-order valence-corrected chi connectivity index (χ1v) is 5.65. The summed E-state index contributed by atoms with van der Waals surface area (Å²) in [6, 6.07) is -1.74. The second-order valence-electron chi connectivity index (χ2n) is 4.30. The molecule has 8 nitrogen and oxygen atoms in total. The van der Waals surface area contributed by atoms with Gasteiger partial charge in [-0.1, -0.05) is 13.8 Å². The number of aliphatic carboxylic acids is 2. The third-order valence-electron chi connectivity index (χ3n) is 1.94. The highest BCUT2D eigenvalue weighted by Gasteiger charge is 2.15. The number of carboxylic acid groups (broad SMARTS) is 2. The Morgan fingerprint density at radius 2 is 1.58 bits per heavy atom. The second kappa shape index (κ2) is 10.3. The number of carboxylic acids is 2. The van der Waals surface area contributed by atoms with Gasteiger partial charge in [-0.05, 0) is 12.3 Å². The molecule has 8 heteroatoms. The number of nitrogens with two attached hydrogens (primary N) is 2. The molecule has 0 unspecified atom stereocenters. The van der Waals surface area contributed by atoms with E-state index in [0.29, 0.717) is 12.3 Å². The zero-order valence-corrected chi connectivity index (χ0v) is 11.3. The summed E-state index contributed by atoms with van der Waals surface area (Å²) in [7, 11) is 1.35. The molecular formula is C11H22N2O6. The first-order chi connectivity index (χ1) is 8.61. The van der Waals surface area contributed by atoms with Gasteiger partial charge in [0.05, 0.1) is 13.5 Å². The van der Waals surface area contributed by atoms with E-state index in [9.17, 15) is 14.4 Å². The first kappa shape index (κ1) is 19.7. The fourth-order valence-electron chi connectivity index (χ4n) is 1.03. The highest BCUT2D eigenvalue weighted by atomic mass is 16.5. The van der Waals surface area contributed by atoms with Crippen LogP contribution in [-0.4, -0.2) is 47.3 Å². The molecule has 0 aliphatic heterocycles. The molecule has 0 aliphatic rings. The minimum absolute atomic E-state index is 0.325. The van der Waals surface area contributed by atoms with Crippen molar-refractivity contribution in [2.45, 2.75) is 38.8 Å². The van der Waals surface area contributed by atoms with Crippen LogP contribution >= 0.6 is 0 Å². The Hall–Kier alpha value is -1.67. The highest BCUT2D eigenvalue weighted by Crippen LogP contribution is 2.02. The fourth-order valence-corrected chi connectivity index (χ4v) is 1.03. The van der Waals surface area contributed by atoms with Crippen LogP contribution < -0.4 is 11.5 Å². The average molecular weight is 278 g/mol. The quantitative estimate of drug-likeness (QED) is 0.470. The molecule has 0 aromatic rings. The lowest BCUT2D eigenvalue weighted by Gasteiger charge is -2.10. The van der Waals surface area contributed by atoms with Crippen LogP contribution in [0.3, 0.4) is 0 Å². The number of carbonyl (C=O) groups excluding carboxylic acids is 1. The van der Waals surface area contributed by atoms with E-state index in [2.05, 4.69) is 4.74 Å². The van der Waals surface area contributed by atoms with E-state index in [0.717, 1.165) is 0 Å². The predicted molar refractivity (Wildman–Crippen MR) is 67.3 cm³/mol. The van der Waals surface area contributed by atoms with Crippen molar-refractivity contribution in [1.29, 1.82) is 0 Å². The fraction of sp³-hybridized carbons (Fsp3) is 0.727. The Morgan fingerprint density at radius 3 is 1.79 bits per heavy atom. The molecule has 0 spiro atoms. The Kier molecular flexibility index (Phi) is 10.6. The number of carbonyl (C=O) groups is 3. The minimum Gasteiger partial charge on any atom is -0.481 e. The topological polar surface area (TPSA) is 153 Å². The Bertz CT molecular complexity index is 306. The van der Waals surface area contributed by atoms with E-state index >= 15 is 0 Å². The average Bonchev–Trinajstić information content (AvgIpc) is 2.26. The van der Waals surface area contributed by atoms with Crippen molar-refractivity contribution in [1.82, 2.24) is 0 Å². The highest BCUT2D eigenvalue weighted by molar-refractivity contribution is 5.80. The lowest BCUT2D eigenvalue weighted by Crippen LogP contribution is -2.32. The van der Waals surface area contributed by atoms with Crippen molar-refractivity contribution in [2.75, 3.05) is 7.11 Å². The standard InChI is InChI=1S/C7H15NO2.C4H7NO4/c1-5(2)4-6(8)7(9)10-3;5-2(4(8)9)1-3(6)7/h5-6H,4,8H2,1-3H3;2H,1,5H2,(H,6,7)(H,8,9)/t6-;2-/m00/s1. The normalized spacial score (nSPS) is 12.9. The van der Waals surface area contributed by atoms with Crippen LogP contribution in [0.4, 0.5) is 0 Å². The van der Waals surface area contributed by atoms with E-state index in [1.807, 2.05) is 13.8 Å². The van der Waals surface area contributed by atoms with Crippen molar-refractivity contribution in [3.05, 3.63) is 0 Å². The smallest absolute Gasteiger partial charge is 0.322 e. The summed E-state index contributed by atoms with van der Waals surface area (Å²) in [5.41, 5.74) is 10.3. The van der Waals surface area contributed by atoms with Crippen LogP contribution in [0.2, 0.25) is 0 Å². The van der Waals surface area contributed by atoms with Gasteiger partial charge in [0.1, 0.15) is 12.1 Å². The van der Waals surface area contributed by atoms with E-state index < -0.39 is 30.4 Å². The molecule has 0 aliphatic carbocycles. The third-order valence-corrected chi connectivity index (χ3v) is 1.94. The van der Waals surface area contributed by atoms with Gasteiger partial charge in [0.25, 0.3) is 0 Å². The van der Waals surface area contributed by atoms with Gasteiger partial charge in [-0.3, -0.25) is 14.4 Å². The largest absolute Gasteiger partial charge is 0.481 e. The van der Waals surface area contributed by atoms with Crippen LogP contribution in [0.15, 0.2) is 0 Å². The SMILES string of the molecule is COC(=O)[C@@H](N)CC(C)C.N[C@@H](CC(=O)O)C(=O)O. The van der Waals surface area contributed by atoms with E-state index in [4.69, 9.17) is 21.7 Å². The molecule has 0 saturated carbocycles. The molecule has 0 rings (SSSR count). The van der Waals surface area contributed by atoms with Crippen molar-refractivity contribution < 1.29 is 29.3 Å². The summed E-state index contributed by atoms with van der Waals surface area (Å²) in [5, 5.41) is 16.0. The maximum absolute atomic E-state index is 10.7. The lowest BCUT2D eigenvalue weighted by molar-refractivity contribution is -0.144. The summed E-state index contributed by atoms with van der Waals surface area (Å²) in [4.78, 5) is 30.3. The van der Waals surface area contributed by atoms with Crippen molar-refractivity contribution in [3.8, 4) is 0 Å². The second-order valence-corrected chi connectivity index (χ2v) is 4.30. The van der Waals surface area contributed by atoms with Gasteiger partial charge < -0.3 is 26.4 Å². The number of esters is 1. The molecule has 0 fully saturated rings. The van der Waals surface area contributed by atoms with E-state index in [1.54, 1.807) is 0 Å². The Balaban J connectivity index is 0. The van der Waals surface area contributed by atoms with Gasteiger partial charge in [0.15, 0.2) is 0 Å². The summed E-state index contributed by atoms with van der Waals surface area (Å²) < 4.78 is 4.45. The molecule has 112 valence electrons. The molecule has 0 amide bonds. The van der Waals surface area contributed by atoms with Crippen molar-refractivity contribution in [3.63, 3.8) is 0 Å². The predicted octanol–water partition coefficient (Wildman–Crippen LogP) is -0.594. The maximum Gasteiger partial charge on any atom is 0.322 e. The molecule has 0 heterocycles. The molecule has 0 saturated heterocycles. The molecule has 0 aromatic carbocycles. The van der Waals surface area contributed by atoms with Crippen molar-refractivity contribution >= 4 is 17.9 Å². The van der Waals surface area contributed by atoms with Crippen LogP contribution in [0, 0.1) is 5.92 Å². The van der Waals surface area contributed by atoms with Gasteiger partial charge >= 0.3 is 17.9 Å². The van der Waals surface area contributed by atoms with Gasteiger partial charge in [-0.15, -0.1) is 0 Å². The maximum atomic E-state index is 10.7. The molecule has 0 bridgehead atoms. The zero-order valence-electron chi connectivity index (χ0n) is 11.3. The Labute approximate surface area is 111 Å². The number of ether oxygens (including phenoxy) is 1. The molecule has 6 N–H and O–H groups in total. The van der Waals surface area contributed by atoms with Crippen molar-refractivity contribution in [2.24, 2.45) is 17.4 Å². The van der Waals surface area contributed by atoms with Crippen LogP contribution in [0.1, 0.15) is 26.7 Å². The van der Waals surface area contributed by atoms with Gasteiger partial charge in [-0.25, -0.2) is 0 Å². The molecule has 0 aromatic heterocycles.